The standard InChI is InChI=1S/C31H36N4O3.2ClH/c1-23(19-29(36)24(2)32)31(38)33-18-17-25-13-15-28(16-14-25)34-30(37)22-35(20-26-9-5-3-6-10-26)21-27-11-7-4-8-12-27;;/h3-16,20,23-24H,17-19,21-22,32H2,1-2H3,(H-,33,34,37,38);2*1H/t23-,24+;;/m0../s1. The van der Waals surface area contributed by atoms with Gasteiger partial charge in [0.05, 0.1) is 0 Å². The lowest BCUT2D eigenvalue weighted by molar-refractivity contribution is -0.527. The van der Waals surface area contributed by atoms with Crippen LogP contribution in [0.25, 0.3) is 0 Å². The van der Waals surface area contributed by atoms with Gasteiger partial charge in [0.25, 0.3) is 5.91 Å². The summed E-state index contributed by atoms with van der Waals surface area (Å²) in [5.41, 5.74) is 7.64. The molecule has 5 N–H and O–H groups in total. The van der Waals surface area contributed by atoms with E-state index in [1.807, 2.05) is 95.7 Å². The Hall–Kier alpha value is -3.52. The predicted molar refractivity (Wildman–Crippen MR) is 150 cm³/mol. The number of hydrogen-bond acceptors (Lipinski definition) is 3. The summed E-state index contributed by atoms with van der Waals surface area (Å²) in [7, 11) is 0. The molecule has 0 unspecified atom stereocenters. The lowest BCUT2D eigenvalue weighted by Crippen LogP contribution is -3.00. The van der Waals surface area contributed by atoms with Gasteiger partial charge in [-0.3, -0.25) is 14.4 Å². The first-order chi connectivity index (χ1) is 18.3. The largest absolute Gasteiger partial charge is 1.00 e. The lowest BCUT2D eigenvalue weighted by atomic mass is 10.0. The maximum Gasteiger partial charge on any atom is 0.289 e. The van der Waals surface area contributed by atoms with Gasteiger partial charge in [0.2, 0.25) is 12.5 Å². The Balaban J connectivity index is 0.00000400. The second-order valence-electron chi connectivity index (χ2n) is 9.69. The number of carbonyl (C=O) groups excluding carboxylic acids is 3. The van der Waals surface area contributed by atoms with Crippen molar-refractivity contribution in [3.05, 3.63) is 102 Å². The Morgan fingerprint density at radius 2 is 1.45 bits per heavy atom. The van der Waals surface area contributed by atoms with Crippen molar-refractivity contribution < 1.29 is 49.5 Å². The highest BCUT2D eigenvalue weighted by Gasteiger charge is 2.20. The number of amides is 2. The molecule has 3 rings (SSSR count). The molecule has 3 aromatic carbocycles. The number of Topliss-reactive ketones (excluding diaryl/α,β-unsaturated/α-hetero) is 1. The number of benzene rings is 3. The van der Waals surface area contributed by atoms with E-state index < -0.39 is 0 Å². The first-order valence-electron chi connectivity index (χ1n) is 13.0. The van der Waals surface area contributed by atoms with E-state index in [0.717, 1.165) is 22.4 Å². The third-order valence-corrected chi connectivity index (χ3v) is 6.16. The predicted octanol–water partition coefficient (Wildman–Crippen LogP) is -3.15. The summed E-state index contributed by atoms with van der Waals surface area (Å²) in [6.45, 7) is 4.81. The number of nitrogens with one attached hydrogen (secondary N) is 2. The Morgan fingerprint density at radius 3 is 2.05 bits per heavy atom. The van der Waals surface area contributed by atoms with E-state index in [1.165, 1.54) is 0 Å². The number of hydrogen-bond donors (Lipinski definition) is 3. The van der Waals surface area contributed by atoms with Crippen molar-refractivity contribution in [1.82, 2.24) is 5.32 Å². The van der Waals surface area contributed by atoms with Crippen LogP contribution in [0.15, 0.2) is 84.9 Å². The molecule has 0 bridgehead atoms. The van der Waals surface area contributed by atoms with Crippen molar-refractivity contribution in [3.63, 3.8) is 0 Å². The molecule has 0 spiro atoms. The molecule has 0 aliphatic rings. The summed E-state index contributed by atoms with van der Waals surface area (Å²) in [5, 5.41) is 5.87. The van der Waals surface area contributed by atoms with Crippen LogP contribution >= 0.6 is 0 Å². The molecule has 2 amide bonds. The molecule has 0 heterocycles. The quantitative estimate of drug-likeness (QED) is 0.146. The fourth-order valence-corrected chi connectivity index (χ4v) is 3.95. The second-order valence-corrected chi connectivity index (χ2v) is 9.69. The van der Waals surface area contributed by atoms with Crippen molar-refractivity contribution in [2.45, 2.75) is 39.3 Å². The van der Waals surface area contributed by atoms with Gasteiger partial charge < -0.3 is 41.2 Å². The van der Waals surface area contributed by atoms with Crippen LogP contribution in [0.4, 0.5) is 5.69 Å². The molecular formula is C31H38Cl2N4O3. The highest BCUT2D eigenvalue weighted by molar-refractivity contribution is 5.92. The fraction of sp³-hybridized carbons (Fsp3) is 0.290. The normalized spacial score (nSPS) is 12.2. The van der Waals surface area contributed by atoms with E-state index in [2.05, 4.69) is 16.4 Å². The van der Waals surface area contributed by atoms with Crippen LogP contribution in [0, 0.1) is 5.92 Å². The first-order valence-corrected chi connectivity index (χ1v) is 13.0. The van der Waals surface area contributed by atoms with Gasteiger partial charge in [-0.05, 0) is 43.2 Å². The first kappa shape index (κ1) is 34.5. The van der Waals surface area contributed by atoms with Gasteiger partial charge in [-0.15, -0.1) is 0 Å². The molecule has 0 fully saturated rings. The van der Waals surface area contributed by atoms with Gasteiger partial charge in [-0.1, -0.05) is 67.6 Å². The minimum absolute atomic E-state index is 0. The highest BCUT2D eigenvalue weighted by Crippen LogP contribution is 2.11. The minimum atomic E-state index is -0.370. The molecule has 0 aliphatic heterocycles. The molecule has 0 aliphatic carbocycles. The van der Waals surface area contributed by atoms with E-state index in [9.17, 15) is 14.4 Å². The lowest BCUT2D eigenvalue weighted by Gasteiger charge is -2.12. The van der Waals surface area contributed by atoms with Crippen LogP contribution in [0.5, 0.6) is 0 Å². The number of nitrogens with zero attached hydrogens (tertiary/aromatic N) is 1. The Labute approximate surface area is 249 Å². The van der Waals surface area contributed by atoms with E-state index in [4.69, 9.17) is 0 Å². The van der Waals surface area contributed by atoms with E-state index in [1.54, 1.807) is 13.8 Å². The van der Waals surface area contributed by atoms with Gasteiger partial charge in [0.15, 0.2) is 18.5 Å². The molecule has 0 radical (unpaired) electrons. The average molecular weight is 586 g/mol. The van der Waals surface area contributed by atoms with Crippen molar-refractivity contribution in [1.29, 1.82) is 0 Å². The van der Waals surface area contributed by atoms with Crippen molar-refractivity contribution in [2.75, 3.05) is 18.4 Å². The maximum absolute atomic E-state index is 12.9. The smallest absolute Gasteiger partial charge is 0.289 e. The van der Waals surface area contributed by atoms with Gasteiger partial charge in [-0.2, -0.15) is 0 Å². The number of quaternary nitrogens is 1. The number of ketones is 1. The van der Waals surface area contributed by atoms with Crippen LogP contribution in [-0.2, 0) is 27.3 Å². The average Bonchev–Trinajstić information content (AvgIpc) is 2.90. The number of carbonyl (C=O) groups is 3. The molecular weight excluding hydrogens is 547 g/mol. The topological polar surface area (TPSA) is 106 Å². The summed E-state index contributed by atoms with van der Waals surface area (Å²) < 4.78 is 2.00. The summed E-state index contributed by atoms with van der Waals surface area (Å²) in [5.74, 6) is -0.611. The number of anilines is 1. The second kappa shape index (κ2) is 17.9. The zero-order valence-corrected chi connectivity index (χ0v) is 24.5. The SMILES string of the molecule is C[C@@H]([NH3+])C(=O)C[C@H](C)C(=O)NCCc1ccc(NC(=O)C[N+](=Cc2ccccc2)Cc2ccccc2)cc1.[Cl-].[Cl-]. The monoisotopic (exact) mass is 584 g/mol. The zero-order valence-electron chi connectivity index (χ0n) is 23.0. The van der Waals surface area contributed by atoms with E-state index >= 15 is 0 Å². The van der Waals surface area contributed by atoms with Gasteiger partial charge >= 0.3 is 0 Å². The van der Waals surface area contributed by atoms with Crippen LogP contribution in [0.3, 0.4) is 0 Å². The summed E-state index contributed by atoms with van der Waals surface area (Å²) >= 11 is 0. The molecule has 0 aromatic heterocycles. The summed E-state index contributed by atoms with van der Waals surface area (Å²) in [6, 6.07) is 27.3. The molecule has 0 saturated carbocycles. The van der Waals surface area contributed by atoms with E-state index in [0.29, 0.717) is 19.5 Å². The van der Waals surface area contributed by atoms with Crippen LogP contribution in [-0.4, -0.2) is 47.5 Å². The highest BCUT2D eigenvalue weighted by atomic mass is 35.5. The number of halogens is 2. The van der Waals surface area contributed by atoms with Crippen LogP contribution in [0.2, 0.25) is 0 Å². The molecule has 7 nitrogen and oxygen atoms in total. The number of rotatable bonds is 13. The zero-order chi connectivity index (χ0) is 27.3. The van der Waals surface area contributed by atoms with Crippen LogP contribution < -0.4 is 41.2 Å². The minimum Gasteiger partial charge on any atom is -1.00 e. The van der Waals surface area contributed by atoms with E-state index in [-0.39, 0.29) is 67.3 Å². The van der Waals surface area contributed by atoms with Crippen molar-refractivity contribution in [2.24, 2.45) is 5.92 Å². The van der Waals surface area contributed by atoms with Crippen molar-refractivity contribution >= 4 is 29.5 Å². The Kier molecular flexibility index (Phi) is 15.5. The van der Waals surface area contributed by atoms with Gasteiger partial charge in [-0.25, -0.2) is 4.58 Å². The summed E-state index contributed by atoms with van der Waals surface area (Å²) in [4.78, 5) is 36.9. The summed E-state index contributed by atoms with van der Waals surface area (Å²) in [6.07, 6.45) is 2.86. The molecule has 0 saturated heterocycles. The molecule has 2 atom stereocenters. The molecule has 214 valence electrons. The fourth-order valence-electron chi connectivity index (χ4n) is 3.95. The Morgan fingerprint density at radius 1 is 0.850 bits per heavy atom. The maximum atomic E-state index is 12.9. The Bertz CT molecular complexity index is 1230. The van der Waals surface area contributed by atoms with Gasteiger partial charge in [0, 0.05) is 35.7 Å². The molecule has 40 heavy (non-hydrogen) atoms. The third-order valence-electron chi connectivity index (χ3n) is 6.16. The third kappa shape index (κ3) is 12.1. The van der Waals surface area contributed by atoms with Crippen LogP contribution in [0.1, 0.15) is 37.0 Å². The van der Waals surface area contributed by atoms with Crippen molar-refractivity contribution in [3.8, 4) is 0 Å². The molecule has 3 aromatic rings. The molecule has 9 heteroatoms. The van der Waals surface area contributed by atoms with Gasteiger partial charge in [0.1, 0.15) is 6.04 Å².